The summed E-state index contributed by atoms with van der Waals surface area (Å²) < 4.78 is 2.07. The summed E-state index contributed by atoms with van der Waals surface area (Å²) in [6.45, 7) is 9.90. The van der Waals surface area contributed by atoms with Gasteiger partial charge < -0.3 is 19.7 Å². The molecule has 1 aromatic carbocycles. The van der Waals surface area contributed by atoms with Crippen LogP contribution in [-0.4, -0.2) is 59.4 Å². The lowest BCUT2D eigenvalue weighted by Crippen LogP contribution is -2.47. The van der Waals surface area contributed by atoms with Gasteiger partial charge in [-0.05, 0) is 45.4 Å². The highest BCUT2D eigenvalue weighted by molar-refractivity contribution is 5.97. The lowest BCUT2D eigenvalue weighted by Gasteiger charge is -2.32. The molecule has 0 unspecified atom stereocenters. The molecular weight excluding hydrogens is 376 g/mol. The Hall–Kier alpha value is -2.60. The van der Waals surface area contributed by atoms with E-state index in [2.05, 4.69) is 27.9 Å². The maximum atomic E-state index is 13.3. The number of rotatable bonds is 6. The van der Waals surface area contributed by atoms with E-state index in [4.69, 9.17) is 0 Å². The molecule has 6 heteroatoms. The molecule has 0 bridgehead atoms. The van der Waals surface area contributed by atoms with Crippen molar-refractivity contribution in [2.75, 3.05) is 33.2 Å². The van der Waals surface area contributed by atoms with Crippen molar-refractivity contribution in [3.05, 3.63) is 57.9 Å². The molecule has 0 radical (unpaired) electrons. The highest BCUT2D eigenvalue weighted by atomic mass is 16.2. The molecule has 1 aliphatic rings. The molecule has 0 atom stereocenters. The number of nitrogens with zero attached hydrogens (tertiary/aromatic N) is 3. The first kappa shape index (κ1) is 22.1. The van der Waals surface area contributed by atoms with E-state index in [0.717, 1.165) is 54.3 Å². The topological polar surface area (TPSA) is 57.6 Å². The van der Waals surface area contributed by atoms with E-state index >= 15 is 0 Å². The number of amides is 2. The molecule has 162 valence electrons. The minimum Gasteiger partial charge on any atom is -0.352 e. The maximum absolute atomic E-state index is 13.3. The smallest absolute Gasteiger partial charge is 0.256 e. The van der Waals surface area contributed by atoms with Crippen LogP contribution in [0.15, 0.2) is 24.3 Å². The fraction of sp³-hybridized carbons (Fsp3) is 0.500. The van der Waals surface area contributed by atoms with Crippen molar-refractivity contribution in [1.82, 2.24) is 19.7 Å². The van der Waals surface area contributed by atoms with Crippen molar-refractivity contribution in [3.63, 3.8) is 0 Å². The summed E-state index contributed by atoms with van der Waals surface area (Å²) >= 11 is 0. The van der Waals surface area contributed by atoms with Crippen molar-refractivity contribution >= 4 is 11.8 Å². The molecule has 1 aliphatic heterocycles. The summed E-state index contributed by atoms with van der Waals surface area (Å²) in [5.74, 6) is 0.106. The Morgan fingerprint density at radius 3 is 2.37 bits per heavy atom. The summed E-state index contributed by atoms with van der Waals surface area (Å²) in [7, 11) is 4.08. The van der Waals surface area contributed by atoms with Crippen molar-refractivity contribution < 1.29 is 9.59 Å². The number of hydrogen-bond acceptors (Lipinski definition) is 3. The Labute approximate surface area is 179 Å². The minimum absolute atomic E-state index is 0.00964. The number of carbonyl (C=O) groups is 2. The number of likely N-dealkylation sites (N-methyl/N-ethyl adjacent to an activating group) is 1. The largest absolute Gasteiger partial charge is 0.352 e. The SMILES string of the molecule is Cc1cccc(CNC(=O)CCc2c(C(=O)N3CCN(C)CC3)c(C)n(C)c2C)c1. The van der Waals surface area contributed by atoms with Gasteiger partial charge in [-0.1, -0.05) is 29.8 Å². The summed E-state index contributed by atoms with van der Waals surface area (Å²) in [4.78, 5) is 30.0. The Kier molecular flexibility index (Phi) is 6.98. The molecule has 0 spiro atoms. The number of hydrogen-bond donors (Lipinski definition) is 1. The Balaban J connectivity index is 1.67. The van der Waals surface area contributed by atoms with Crippen LogP contribution in [0.25, 0.3) is 0 Å². The van der Waals surface area contributed by atoms with E-state index in [1.807, 2.05) is 50.9 Å². The number of nitrogens with one attached hydrogen (secondary N) is 1. The lowest BCUT2D eigenvalue weighted by atomic mass is 10.0. The first-order chi connectivity index (χ1) is 14.3. The van der Waals surface area contributed by atoms with Crippen molar-refractivity contribution in [3.8, 4) is 0 Å². The summed E-state index contributed by atoms with van der Waals surface area (Å²) in [5, 5.41) is 3.01. The molecular formula is C24H34N4O2. The standard InChI is InChI=1S/C24H34N4O2/c1-17-7-6-8-20(15-17)16-25-22(29)10-9-21-18(2)27(5)19(3)23(21)24(30)28-13-11-26(4)12-14-28/h6-8,15H,9-14,16H2,1-5H3,(H,25,29). The number of benzene rings is 1. The predicted molar refractivity (Wildman–Crippen MR) is 120 cm³/mol. The zero-order chi connectivity index (χ0) is 21.8. The van der Waals surface area contributed by atoms with Gasteiger partial charge in [-0.2, -0.15) is 0 Å². The maximum Gasteiger partial charge on any atom is 0.256 e. The highest BCUT2D eigenvalue weighted by Gasteiger charge is 2.27. The lowest BCUT2D eigenvalue weighted by molar-refractivity contribution is -0.121. The molecule has 1 saturated heterocycles. The van der Waals surface area contributed by atoms with Gasteiger partial charge in [0, 0.05) is 57.6 Å². The van der Waals surface area contributed by atoms with Crippen LogP contribution in [0.3, 0.4) is 0 Å². The average molecular weight is 411 g/mol. The average Bonchev–Trinajstić information content (AvgIpc) is 2.94. The second-order valence-corrected chi connectivity index (χ2v) is 8.44. The molecule has 1 fully saturated rings. The van der Waals surface area contributed by atoms with E-state index in [-0.39, 0.29) is 11.8 Å². The van der Waals surface area contributed by atoms with Crippen LogP contribution in [-0.2, 0) is 24.8 Å². The third-order valence-corrected chi connectivity index (χ3v) is 6.29. The molecule has 30 heavy (non-hydrogen) atoms. The summed E-state index contributed by atoms with van der Waals surface area (Å²) in [5.41, 5.74) is 6.11. The number of piperazine rings is 1. The summed E-state index contributed by atoms with van der Waals surface area (Å²) in [6.07, 6.45) is 0.946. The first-order valence-corrected chi connectivity index (χ1v) is 10.7. The van der Waals surface area contributed by atoms with E-state index < -0.39 is 0 Å². The van der Waals surface area contributed by atoms with E-state index in [0.29, 0.717) is 19.4 Å². The van der Waals surface area contributed by atoms with E-state index in [1.165, 1.54) is 5.56 Å². The second-order valence-electron chi connectivity index (χ2n) is 8.44. The van der Waals surface area contributed by atoms with Crippen LogP contribution in [0.1, 0.15) is 44.9 Å². The van der Waals surface area contributed by atoms with E-state index in [1.54, 1.807) is 0 Å². The third-order valence-electron chi connectivity index (χ3n) is 6.29. The zero-order valence-electron chi connectivity index (χ0n) is 18.9. The Morgan fingerprint density at radius 1 is 1.00 bits per heavy atom. The van der Waals surface area contributed by atoms with Gasteiger partial charge in [0.25, 0.3) is 5.91 Å². The monoisotopic (exact) mass is 410 g/mol. The van der Waals surface area contributed by atoms with Gasteiger partial charge in [-0.15, -0.1) is 0 Å². The molecule has 0 aliphatic carbocycles. The van der Waals surface area contributed by atoms with Gasteiger partial charge in [-0.25, -0.2) is 0 Å². The van der Waals surface area contributed by atoms with Gasteiger partial charge in [0.15, 0.2) is 0 Å². The fourth-order valence-corrected chi connectivity index (χ4v) is 4.13. The van der Waals surface area contributed by atoms with Crippen LogP contribution in [0, 0.1) is 20.8 Å². The molecule has 2 heterocycles. The van der Waals surface area contributed by atoms with Crippen molar-refractivity contribution in [2.45, 2.75) is 40.2 Å². The van der Waals surface area contributed by atoms with Crippen molar-refractivity contribution in [2.24, 2.45) is 7.05 Å². The molecule has 3 rings (SSSR count). The zero-order valence-corrected chi connectivity index (χ0v) is 18.9. The molecule has 2 amide bonds. The van der Waals surface area contributed by atoms with Crippen LogP contribution in [0.4, 0.5) is 0 Å². The highest BCUT2D eigenvalue weighted by Crippen LogP contribution is 2.25. The van der Waals surface area contributed by atoms with Gasteiger partial charge in [0.1, 0.15) is 0 Å². The normalized spacial score (nSPS) is 14.8. The fourth-order valence-electron chi connectivity index (χ4n) is 4.13. The van der Waals surface area contributed by atoms with Crippen molar-refractivity contribution in [1.29, 1.82) is 0 Å². The molecule has 6 nitrogen and oxygen atoms in total. The van der Waals surface area contributed by atoms with E-state index in [9.17, 15) is 9.59 Å². The quantitative estimate of drug-likeness (QED) is 0.796. The van der Waals surface area contributed by atoms with Gasteiger partial charge >= 0.3 is 0 Å². The predicted octanol–water partition coefficient (Wildman–Crippen LogP) is 2.59. The van der Waals surface area contributed by atoms with Gasteiger partial charge in [-0.3, -0.25) is 9.59 Å². The molecule has 1 aromatic heterocycles. The number of carbonyl (C=O) groups excluding carboxylic acids is 2. The Morgan fingerprint density at radius 2 is 1.70 bits per heavy atom. The number of aryl methyl sites for hydroxylation is 1. The third kappa shape index (κ3) is 4.93. The number of aromatic nitrogens is 1. The summed E-state index contributed by atoms with van der Waals surface area (Å²) in [6, 6.07) is 8.15. The molecule has 2 aromatic rings. The first-order valence-electron chi connectivity index (χ1n) is 10.7. The molecule has 1 N–H and O–H groups in total. The molecule has 0 saturated carbocycles. The van der Waals surface area contributed by atoms with Crippen LogP contribution >= 0.6 is 0 Å². The van der Waals surface area contributed by atoms with Crippen LogP contribution < -0.4 is 5.32 Å². The van der Waals surface area contributed by atoms with Gasteiger partial charge in [0.2, 0.25) is 5.91 Å². The van der Waals surface area contributed by atoms with Crippen LogP contribution in [0.2, 0.25) is 0 Å². The minimum atomic E-state index is 0.00964. The van der Waals surface area contributed by atoms with Crippen LogP contribution in [0.5, 0.6) is 0 Å². The van der Waals surface area contributed by atoms with Gasteiger partial charge in [0.05, 0.1) is 5.56 Å². The second kappa shape index (κ2) is 9.47. The Bertz CT molecular complexity index is 924.